The van der Waals surface area contributed by atoms with E-state index in [0.29, 0.717) is 28.0 Å². The van der Waals surface area contributed by atoms with E-state index in [-0.39, 0.29) is 12.2 Å². The van der Waals surface area contributed by atoms with Gasteiger partial charge in [-0.15, -0.1) is 0 Å². The van der Waals surface area contributed by atoms with Gasteiger partial charge in [-0.25, -0.2) is 4.39 Å². The Bertz CT molecular complexity index is 804. The zero-order chi connectivity index (χ0) is 15.9. The number of carbonyl (C=O) groups is 1. The Balaban J connectivity index is 2.21. The highest BCUT2D eigenvalue weighted by Crippen LogP contribution is 2.32. The van der Waals surface area contributed by atoms with Crippen LogP contribution in [0.5, 0.6) is 0 Å². The van der Waals surface area contributed by atoms with Crippen LogP contribution in [0.15, 0.2) is 24.7 Å². The number of nitrogens with two attached hydrogens (primary N) is 1. The summed E-state index contributed by atoms with van der Waals surface area (Å²) in [5, 5.41) is 11.2. The van der Waals surface area contributed by atoms with Gasteiger partial charge in [0, 0.05) is 23.5 Å². The number of pyridine rings is 2. The molecule has 2 aromatic heterocycles. The molecule has 0 saturated carbocycles. The maximum atomic E-state index is 13.7. The van der Waals surface area contributed by atoms with Gasteiger partial charge in [-0.2, -0.15) is 0 Å². The number of hydrogen-bond acceptors (Lipinski definition) is 5. The van der Waals surface area contributed by atoms with Crippen molar-refractivity contribution in [2.45, 2.75) is 13.5 Å². The lowest BCUT2D eigenvalue weighted by Crippen LogP contribution is -2.24. The van der Waals surface area contributed by atoms with Crippen LogP contribution < -0.4 is 5.73 Å². The van der Waals surface area contributed by atoms with Crippen LogP contribution in [0.3, 0.4) is 0 Å². The zero-order valence-electron chi connectivity index (χ0n) is 11.7. The van der Waals surface area contributed by atoms with Gasteiger partial charge in [-0.3, -0.25) is 25.0 Å². The van der Waals surface area contributed by atoms with Crippen molar-refractivity contribution in [1.29, 1.82) is 0 Å². The van der Waals surface area contributed by atoms with Crippen molar-refractivity contribution in [3.63, 3.8) is 0 Å². The number of hydroxylamine groups is 2. The molecule has 0 fully saturated rings. The van der Waals surface area contributed by atoms with Crippen molar-refractivity contribution in [1.82, 2.24) is 15.0 Å². The van der Waals surface area contributed by atoms with E-state index in [0.717, 1.165) is 11.3 Å². The Kier molecular flexibility index (Phi) is 3.34. The predicted molar refractivity (Wildman–Crippen MR) is 76.9 cm³/mol. The van der Waals surface area contributed by atoms with E-state index in [4.69, 9.17) is 5.73 Å². The number of carbonyl (C=O) groups excluding carboxylic acids is 1. The second-order valence-corrected chi connectivity index (χ2v) is 4.98. The van der Waals surface area contributed by atoms with E-state index in [1.54, 1.807) is 19.1 Å². The summed E-state index contributed by atoms with van der Waals surface area (Å²) in [5.41, 5.74) is 7.81. The molecule has 112 valence electrons. The summed E-state index contributed by atoms with van der Waals surface area (Å²) in [4.78, 5) is 19.3. The molecule has 0 unspecified atom stereocenters. The van der Waals surface area contributed by atoms with E-state index >= 15 is 0 Å². The van der Waals surface area contributed by atoms with Gasteiger partial charge < -0.3 is 5.73 Å². The van der Waals surface area contributed by atoms with Crippen LogP contribution in [-0.4, -0.2) is 26.1 Å². The summed E-state index contributed by atoms with van der Waals surface area (Å²) in [6.07, 6.45) is 5.59. The minimum atomic E-state index is -0.659. The molecule has 3 heterocycles. The number of primary amides is 1. The Labute approximate surface area is 125 Å². The third kappa shape index (κ3) is 2.21. The molecule has 0 atom stereocenters. The van der Waals surface area contributed by atoms with Gasteiger partial charge in [0.15, 0.2) is 0 Å². The first-order chi connectivity index (χ1) is 10.5. The Morgan fingerprint density at radius 2 is 2.23 bits per heavy atom. The van der Waals surface area contributed by atoms with E-state index < -0.39 is 11.7 Å². The first-order valence-corrected chi connectivity index (χ1v) is 6.55. The molecule has 0 aliphatic carbocycles. The second kappa shape index (κ2) is 5.19. The van der Waals surface area contributed by atoms with Gasteiger partial charge in [0.1, 0.15) is 11.5 Å². The molecular weight excluding hydrogens is 287 g/mol. The molecule has 0 radical (unpaired) electrons. The van der Waals surface area contributed by atoms with Crippen molar-refractivity contribution in [2.24, 2.45) is 5.73 Å². The molecule has 3 rings (SSSR count). The van der Waals surface area contributed by atoms with Crippen molar-refractivity contribution >= 4 is 17.7 Å². The molecule has 7 heteroatoms. The van der Waals surface area contributed by atoms with E-state index in [1.807, 2.05) is 0 Å². The molecule has 22 heavy (non-hydrogen) atoms. The summed E-state index contributed by atoms with van der Waals surface area (Å²) in [6.45, 7) is 1.73. The van der Waals surface area contributed by atoms with Gasteiger partial charge in [0.25, 0.3) is 5.91 Å². The van der Waals surface area contributed by atoms with Crippen LogP contribution in [0, 0.1) is 12.7 Å². The third-order valence-corrected chi connectivity index (χ3v) is 3.62. The average Bonchev–Trinajstić information content (AvgIpc) is 2.49. The molecule has 0 saturated heterocycles. The summed E-state index contributed by atoms with van der Waals surface area (Å²) in [5.74, 6) is -1.13. The number of nitrogens with zero attached hydrogens (tertiary/aromatic N) is 3. The van der Waals surface area contributed by atoms with E-state index in [1.165, 1.54) is 12.4 Å². The molecule has 0 aromatic carbocycles. The highest BCUT2D eigenvalue weighted by atomic mass is 19.1. The minimum Gasteiger partial charge on any atom is -0.364 e. The van der Waals surface area contributed by atoms with E-state index in [2.05, 4.69) is 9.97 Å². The fourth-order valence-electron chi connectivity index (χ4n) is 2.44. The number of fused-ring (bicyclic) bond motifs is 1. The largest absolute Gasteiger partial charge is 0.364 e. The molecule has 2 aromatic rings. The molecule has 1 aliphatic heterocycles. The van der Waals surface area contributed by atoms with Gasteiger partial charge in [0.2, 0.25) is 0 Å². The second-order valence-electron chi connectivity index (χ2n) is 4.98. The van der Waals surface area contributed by atoms with Crippen LogP contribution in [0.4, 0.5) is 4.39 Å². The number of halogens is 1. The van der Waals surface area contributed by atoms with Crippen molar-refractivity contribution < 1.29 is 14.4 Å². The Morgan fingerprint density at radius 1 is 1.45 bits per heavy atom. The van der Waals surface area contributed by atoms with Crippen molar-refractivity contribution in [3.8, 4) is 0 Å². The Morgan fingerprint density at radius 3 is 2.95 bits per heavy atom. The first-order valence-electron chi connectivity index (χ1n) is 6.55. The summed E-state index contributed by atoms with van der Waals surface area (Å²) in [7, 11) is 0. The molecule has 1 aliphatic rings. The van der Waals surface area contributed by atoms with Crippen LogP contribution in [-0.2, 0) is 6.54 Å². The topological polar surface area (TPSA) is 92.3 Å². The average molecular weight is 300 g/mol. The fourth-order valence-corrected chi connectivity index (χ4v) is 2.44. The van der Waals surface area contributed by atoms with Crippen molar-refractivity contribution in [2.75, 3.05) is 0 Å². The first kappa shape index (κ1) is 14.2. The lowest BCUT2D eigenvalue weighted by Gasteiger charge is -2.27. The molecule has 0 spiro atoms. The lowest BCUT2D eigenvalue weighted by molar-refractivity contribution is -0.0361. The molecule has 6 nitrogen and oxygen atoms in total. The molecule has 0 bridgehead atoms. The minimum absolute atomic E-state index is 0.116. The zero-order valence-corrected chi connectivity index (χ0v) is 11.7. The van der Waals surface area contributed by atoms with Gasteiger partial charge in [0.05, 0.1) is 18.4 Å². The molecular formula is C15H13FN4O2. The number of rotatable bonds is 2. The molecule has 1 amide bonds. The normalized spacial score (nSPS) is 13.6. The summed E-state index contributed by atoms with van der Waals surface area (Å²) >= 11 is 0. The maximum Gasteiger partial charge on any atom is 0.267 e. The number of amides is 1. The Hall–Kier alpha value is -2.80. The van der Waals surface area contributed by atoms with Gasteiger partial charge >= 0.3 is 0 Å². The highest BCUT2D eigenvalue weighted by molar-refractivity contribution is 5.98. The lowest BCUT2D eigenvalue weighted by atomic mass is 9.97. The summed E-state index contributed by atoms with van der Waals surface area (Å²) in [6, 6.07) is 1.69. The monoisotopic (exact) mass is 300 g/mol. The van der Waals surface area contributed by atoms with Crippen LogP contribution in [0.25, 0.3) is 11.8 Å². The predicted octanol–water partition coefficient (Wildman–Crippen LogP) is 1.73. The van der Waals surface area contributed by atoms with Gasteiger partial charge in [-0.05, 0) is 30.2 Å². The van der Waals surface area contributed by atoms with Crippen LogP contribution >= 0.6 is 0 Å². The fraction of sp³-hybridized carbons (Fsp3) is 0.133. The van der Waals surface area contributed by atoms with Crippen LogP contribution in [0.1, 0.15) is 32.7 Å². The van der Waals surface area contributed by atoms with E-state index in [9.17, 15) is 14.4 Å². The maximum absolute atomic E-state index is 13.7. The number of aromatic nitrogens is 2. The smallest absolute Gasteiger partial charge is 0.267 e. The quantitative estimate of drug-likeness (QED) is 0.881. The molecule has 3 N–H and O–H groups in total. The van der Waals surface area contributed by atoms with Gasteiger partial charge in [-0.1, -0.05) is 0 Å². The van der Waals surface area contributed by atoms with Crippen LogP contribution in [0.2, 0.25) is 0 Å². The van der Waals surface area contributed by atoms with Crippen molar-refractivity contribution in [3.05, 3.63) is 58.4 Å². The standard InChI is InChI=1S/C15H13FN4O2/c1-8-11(5-18-6-12(8)16)13-4-10-9(7-20(13)22)2-3-19-14(10)15(17)21/h2-6,22H,7H2,1H3,(H2,17,21). The third-order valence-electron chi connectivity index (χ3n) is 3.62. The SMILES string of the molecule is Cc1c(F)cncc1C1=Cc2c(ccnc2C(N)=O)CN1O. The number of hydrogen-bond donors (Lipinski definition) is 2. The highest BCUT2D eigenvalue weighted by Gasteiger charge is 2.24. The summed E-state index contributed by atoms with van der Waals surface area (Å²) < 4.78 is 13.7.